The Morgan fingerprint density at radius 1 is 1.04 bits per heavy atom. The van der Waals surface area contributed by atoms with E-state index in [2.05, 4.69) is 20.6 Å². The highest BCUT2D eigenvalue weighted by molar-refractivity contribution is 7.89. The van der Waals surface area contributed by atoms with E-state index in [-0.39, 0.29) is 17.4 Å². The summed E-state index contributed by atoms with van der Waals surface area (Å²) < 4.78 is 22.2. The lowest BCUT2D eigenvalue weighted by atomic mass is 10.2. The quantitative estimate of drug-likeness (QED) is 0.635. The molecule has 0 bridgehead atoms. The maximum Gasteiger partial charge on any atom is 0.316 e. The van der Waals surface area contributed by atoms with E-state index in [1.165, 1.54) is 36.7 Å². The second-order valence-corrected chi connectivity index (χ2v) is 5.96. The highest BCUT2D eigenvalue weighted by Gasteiger charge is 2.14. The Hall–Kier alpha value is -2.85. The number of aromatic nitrogens is 2. The summed E-state index contributed by atoms with van der Waals surface area (Å²) in [5, 5.41) is 9.61. The maximum atomic E-state index is 11.7. The van der Waals surface area contributed by atoms with Gasteiger partial charge < -0.3 is 5.32 Å². The lowest BCUT2D eigenvalue weighted by Crippen LogP contribution is -2.35. The average molecular weight is 335 g/mol. The zero-order chi connectivity index (χ0) is 16.9. The van der Waals surface area contributed by atoms with Gasteiger partial charge in [-0.25, -0.2) is 23.5 Å². The van der Waals surface area contributed by atoms with Crippen LogP contribution in [0.2, 0.25) is 0 Å². The van der Waals surface area contributed by atoms with Crippen molar-refractivity contribution in [2.24, 2.45) is 5.14 Å². The van der Waals surface area contributed by atoms with E-state index in [4.69, 9.17) is 5.14 Å². The summed E-state index contributed by atoms with van der Waals surface area (Å²) in [5.74, 6) is -1.75. The van der Waals surface area contributed by atoms with Crippen molar-refractivity contribution in [3.63, 3.8) is 0 Å². The van der Waals surface area contributed by atoms with Gasteiger partial charge in [0, 0.05) is 18.9 Å². The number of nitrogens with two attached hydrogens (primary N) is 1. The minimum Gasteiger partial charge on any atom is -0.344 e. The van der Waals surface area contributed by atoms with Crippen LogP contribution >= 0.6 is 0 Å². The SMILES string of the molecule is NS(=O)(=O)c1ccc(CNC(=O)C(=O)Nc2ncccn2)cc1. The van der Waals surface area contributed by atoms with Gasteiger partial charge in [0.25, 0.3) is 0 Å². The Kier molecular flexibility index (Phi) is 4.98. The number of anilines is 1. The first-order valence-electron chi connectivity index (χ1n) is 6.34. The van der Waals surface area contributed by atoms with Gasteiger partial charge in [0.05, 0.1) is 4.90 Å². The smallest absolute Gasteiger partial charge is 0.316 e. The summed E-state index contributed by atoms with van der Waals surface area (Å²) in [6.07, 6.45) is 2.85. The van der Waals surface area contributed by atoms with Gasteiger partial charge >= 0.3 is 11.8 Å². The largest absolute Gasteiger partial charge is 0.344 e. The zero-order valence-corrected chi connectivity index (χ0v) is 12.6. The van der Waals surface area contributed by atoms with Crippen LogP contribution < -0.4 is 15.8 Å². The van der Waals surface area contributed by atoms with Crippen molar-refractivity contribution in [2.75, 3.05) is 5.32 Å². The van der Waals surface area contributed by atoms with Crippen molar-refractivity contribution in [2.45, 2.75) is 11.4 Å². The summed E-state index contributed by atoms with van der Waals surface area (Å²) in [6.45, 7) is 0.0484. The van der Waals surface area contributed by atoms with E-state index in [0.29, 0.717) is 5.56 Å². The molecule has 9 nitrogen and oxygen atoms in total. The molecule has 0 aliphatic heterocycles. The van der Waals surface area contributed by atoms with Crippen LogP contribution in [-0.2, 0) is 26.2 Å². The molecular formula is C13H13N5O4S. The number of hydrogen-bond donors (Lipinski definition) is 3. The number of primary sulfonamides is 1. The molecule has 10 heteroatoms. The molecule has 0 radical (unpaired) electrons. The molecule has 4 N–H and O–H groups in total. The number of carbonyl (C=O) groups is 2. The van der Waals surface area contributed by atoms with Crippen molar-refractivity contribution in [1.29, 1.82) is 0 Å². The third kappa shape index (κ3) is 4.83. The number of nitrogens with one attached hydrogen (secondary N) is 2. The molecular weight excluding hydrogens is 322 g/mol. The van der Waals surface area contributed by atoms with Gasteiger partial charge in [-0.05, 0) is 23.8 Å². The van der Waals surface area contributed by atoms with Crippen LogP contribution in [-0.4, -0.2) is 30.2 Å². The van der Waals surface area contributed by atoms with Crippen molar-refractivity contribution in [3.05, 3.63) is 48.3 Å². The minimum atomic E-state index is -3.76. The van der Waals surface area contributed by atoms with Gasteiger partial charge in [-0.1, -0.05) is 12.1 Å². The highest BCUT2D eigenvalue weighted by atomic mass is 32.2. The van der Waals surface area contributed by atoms with Crippen LogP contribution in [0.4, 0.5) is 5.95 Å². The number of sulfonamides is 1. The Morgan fingerprint density at radius 2 is 1.65 bits per heavy atom. The van der Waals surface area contributed by atoms with Gasteiger partial charge in [-0.15, -0.1) is 0 Å². The molecule has 1 aromatic carbocycles. The second kappa shape index (κ2) is 6.94. The monoisotopic (exact) mass is 335 g/mol. The van der Waals surface area contributed by atoms with Gasteiger partial charge in [0.15, 0.2) is 0 Å². The van der Waals surface area contributed by atoms with E-state index in [1.807, 2.05) is 0 Å². The second-order valence-electron chi connectivity index (χ2n) is 4.40. The van der Waals surface area contributed by atoms with E-state index < -0.39 is 21.8 Å². The van der Waals surface area contributed by atoms with Crippen LogP contribution in [0.25, 0.3) is 0 Å². The Bertz CT molecular complexity index is 806. The zero-order valence-electron chi connectivity index (χ0n) is 11.8. The molecule has 120 valence electrons. The molecule has 0 atom stereocenters. The van der Waals surface area contributed by atoms with Gasteiger partial charge in [0.2, 0.25) is 16.0 Å². The van der Waals surface area contributed by atoms with Crippen molar-refractivity contribution >= 4 is 27.8 Å². The van der Waals surface area contributed by atoms with Gasteiger partial charge in [0.1, 0.15) is 0 Å². The molecule has 0 aliphatic carbocycles. The normalized spacial score (nSPS) is 10.8. The minimum absolute atomic E-state index is 0.0187. The highest BCUT2D eigenvalue weighted by Crippen LogP contribution is 2.08. The summed E-state index contributed by atoms with van der Waals surface area (Å²) >= 11 is 0. The first-order chi connectivity index (χ1) is 10.9. The number of nitrogens with zero attached hydrogens (tertiary/aromatic N) is 2. The number of hydrogen-bond acceptors (Lipinski definition) is 6. The standard InChI is InChI=1S/C13H13N5O4S/c14-23(21,22)10-4-2-9(3-5-10)8-17-11(19)12(20)18-13-15-6-1-7-16-13/h1-7H,8H2,(H,17,19)(H2,14,21,22)(H,15,16,18,20). The van der Waals surface area contributed by atoms with Crippen LogP contribution in [0.1, 0.15) is 5.56 Å². The van der Waals surface area contributed by atoms with E-state index in [9.17, 15) is 18.0 Å². The fourth-order valence-corrected chi connectivity index (χ4v) is 2.10. The molecule has 0 unspecified atom stereocenters. The molecule has 2 rings (SSSR count). The van der Waals surface area contributed by atoms with E-state index >= 15 is 0 Å². The predicted octanol–water partition coefficient (Wildman–Crippen LogP) is -0.621. The topological polar surface area (TPSA) is 144 Å². The predicted molar refractivity (Wildman–Crippen MR) is 80.3 cm³/mol. The van der Waals surface area contributed by atoms with Crippen molar-refractivity contribution in [3.8, 4) is 0 Å². The van der Waals surface area contributed by atoms with Crippen LogP contribution in [0, 0.1) is 0 Å². The van der Waals surface area contributed by atoms with Crippen molar-refractivity contribution < 1.29 is 18.0 Å². The Labute approximate surface area is 132 Å². The number of carbonyl (C=O) groups excluding carboxylic acids is 2. The number of benzene rings is 1. The molecule has 23 heavy (non-hydrogen) atoms. The molecule has 2 aromatic rings. The number of rotatable bonds is 4. The first kappa shape index (κ1) is 16.5. The summed E-state index contributed by atoms with van der Waals surface area (Å²) in [6, 6.07) is 7.17. The molecule has 1 heterocycles. The summed E-state index contributed by atoms with van der Waals surface area (Å²) in [7, 11) is -3.76. The molecule has 1 aromatic heterocycles. The summed E-state index contributed by atoms with van der Waals surface area (Å²) in [5.41, 5.74) is 0.606. The molecule has 0 aliphatic rings. The fourth-order valence-electron chi connectivity index (χ4n) is 1.58. The third-order valence-electron chi connectivity index (χ3n) is 2.70. The first-order valence-corrected chi connectivity index (χ1v) is 7.89. The van der Waals surface area contributed by atoms with Crippen LogP contribution in [0.15, 0.2) is 47.6 Å². The Balaban J connectivity index is 1.90. The van der Waals surface area contributed by atoms with E-state index in [1.54, 1.807) is 6.07 Å². The summed E-state index contributed by atoms with van der Waals surface area (Å²) in [4.78, 5) is 30.8. The molecule has 0 saturated heterocycles. The van der Waals surface area contributed by atoms with Crippen LogP contribution in [0.3, 0.4) is 0 Å². The molecule has 0 fully saturated rings. The Morgan fingerprint density at radius 3 is 2.22 bits per heavy atom. The lowest BCUT2D eigenvalue weighted by Gasteiger charge is -2.06. The average Bonchev–Trinajstić information content (AvgIpc) is 2.53. The fraction of sp³-hybridized carbons (Fsp3) is 0.0769. The third-order valence-corrected chi connectivity index (χ3v) is 3.63. The number of amides is 2. The molecule has 2 amide bonds. The lowest BCUT2D eigenvalue weighted by molar-refractivity contribution is -0.136. The molecule has 0 saturated carbocycles. The van der Waals surface area contributed by atoms with Gasteiger partial charge in [-0.2, -0.15) is 0 Å². The van der Waals surface area contributed by atoms with Crippen molar-refractivity contribution in [1.82, 2.24) is 15.3 Å². The van der Waals surface area contributed by atoms with Crippen LogP contribution in [0.5, 0.6) is 0 Å². The maximum absolute atomic E-state index is 11.7. The molecule has 0 spiro atoms. The van der Waals surface area contributed by atoms with E-state index in [0.717, 1.165) is 0 Å². The van der Waals surface area contributed by atoms with Gasteiger partial charge in [-0.3, -0.25) is 14.9 Å².